The Kier molecular flexibility index (Phi) is 3.53. The molecule has 1 aromatic heterocycles. The van der Waals surface area contributed by atoms with Gasteiger partial charge >= 0.3 is 12.3 Å². The van der Waals surface area contributed by atoms with Gasteiger partial charge in [0.15, 0.2) is 6.61 Å². The predicted molar refractivity (Wildman–Crippen MR) is 65.2 cm³/mol. The van der Waals surface area contributed by atoms with Crippen molar-refractivity contribution in [3.05, 3.63) is 17.1 Å². The minimum absolute atomic E-state index is 0.0712. The van der Waals surface area contributed by atoms with Crippen LogP contribution in [0, 0.1) is 6.92 Å². The summed E-state index contributed by atoms with van der Waals surface area (Å²) in [7, 11) is 0. The Hall–Kier alpha value is -1.57. The lowest BCUT2D eigenvalue weighted by molar-refractivity contribution is -0.148. The second kappa shape index (κ2) is 4.84. The predicted octanol–water partition coefficient (Wildman–Crippen LogP) is 3.47. The Bertz CT molecular complexity index is 600. The second-order valence-electron chi connectivity index (χ2n) is 3.94. The van der Waals surface area contributed by atoms with Crippen molar-refractivity contribution in [2.75, 3.05) is 12.3 Å². The van der Waals surface area contributed by atoms with Crippen LogP contribution in [0.15, 0.2) is 12.1 Å². The molecule has 104 valence electrons. The van der Waals surface area contributed by atoms with Crippen LogP contribution in [0.25, 0.3) is 10.2 Å². The molecule has 1 heterocycles. The van der Waals surface area contributed by atoms with Gasteiger partial charge in [-0.25, -0.2) is 13.8 Å². The van der Waals surface area contributed by atoms with E-state index in [9.17, 15) is 17.6 Å². The van der Waals surface area contributed by atoms with Crippen LogP contribution in [0.1, 0.15) is 5.01 Å². The molecule has 0 unspecified atom stereocenters. The third kappa shape index (κ3) is 2.89. The number of ether oxygens (including phenoxy) is 1. The van der Waals surface area contributed by atoms with Gasteiger partial charge in [-0.15, -0.1) is 11.3 Å². The Labute approximate surface area is 110 Å². The number of hydrogen-bond donors (Lipinski definition) is 1. The Morgan fingerprint density at radius 1 is 1.42 bits per heavy atom. The Morgan fingerprint density at radius 3 is 2.74 bits per heavy atom. The summed E-state index contributed by atoms with van der Waals surface area (Å²) in [6.45, 7) is 0.357. The highest BCUT2D eigenvalue weighted by molar-refractivity contribution is 7.18. The number of hydrogen-bond acceptors (Lipinski definition) is 4. The molecule has 3 nitrogen and oxygen atoms in total. The third-order valence-electron chi connectivity index (χ3n) is 2.37. The minimum Gasteiger partial charge on any atom is -0.485 e. The first-order valence-corrected chi connectivity index (χ1v) is 6.06. The standard InChI is InChI=1S/C11H10F4N2OS/c1-5-17-7-3-8(6(16)2-9(7)19-5)18-4-11(14,15)10(12)13/h2-3,10H,4,16H2,1H3. The average Bonchev–Trinajstić information content (AvgIpc) is 2.65. The number of thiazole rings is 1. The maximum Gasteiger partial charge on any atom is 0.340 e. The van der Waals surface area contributed by atoms with Gasteiger partial charge in [0, 0.05) is 6.07 Å². The number of nitrogen functional groups attached to an aromatic ring is 1. The molecule has 0 atom stereocenters. The van der Waals surface area contributed by atoms with Crippen molar-refractivity contribution in [3.63, 3.8) is 0 Å². The normalized spacial score (nSPS) is 12.3. The van der Waals surface area contributed by atoms with E-state index in [2.05, 4.69) is 9.72 Å². The molecule has 8 heteroatoms. The number of aryl methyl sites for hydroxylation is 1. The zero-order valence-corrected chi connectivity index (χ0v) is 10.6. The van der Waals surface area contributed by atoms with E-state index in [-0.39, 0.29) is 11.4 Å². The van der Waals surface area contributed by atoms with Crippen molar-refractivity contribution in [1.82, 2.24) is 4.98 Å². The van der Waals surface area contributed by atoms with E-state index in [1.54, 1.807) is 6.92 Å². The van der Waals surface area contributed by atoms with Gasteiger partial charge in [0.1, 0.15) is 5.75 Å². The lowest BCUT2D eigenvalue weighted by Crippen LogP contribution is -2.33. The van der Waals surface area contributed by atoms with Crippen LogP contribution in [-0.2, 0) is 0 Å². The molecule has 0 saturated heterocycles. The minimum atomic E-state index is -4.21. The number of fused-ring (bicyclic) bond motifs is 1. The summed E-state index contributed by atoms with van der Waals surface area (Å²) in [6.07, 6.45) is -3.78. The van der Waals surface area contributed by atoms with Gasteiger partial charge in [-0.3, -0.25) is 0 Å². The highest BCUT2D eigenvalue weighted by Crippen LogP contribution is 2.32. The summed E-state index contributed by atoms with van der Waals surface area (Å²) >= 11 is 1.39. The summed E-state index contributed by atoms with van der Waals surface area (Å²) in [6, 6.07) is 2.89. The summed E-state index contributed by atoms with van der Waals surface area (Å²) in [5.41, 5.74) is 6.27. The number of halogens is 4. The van der Waals surface area contributed by atoms with Gasteiger partial charge in [0.2, 0.25) is 0 Å². The molecule has 19 heavy (non-hydrogen) atoms. The van der Waals surface area contributed by atoms with E-state index in [1.807, 2.05) is 0 Å². The smallest absolute Gasteiger partial charge is 0.340 e. The number of anilines is 1. The van der Waals surface area contributed by atoms with E-state index in [4.69, 9.17) is 5.73 Å². The van der Waals surface area contributed by atoms with Gasteiger partial charge in [-0.1, -0.05) is 0 Å². The molecule has 2 aromatic rings. The number of nitrogens with two attached hydrogens (primary N) is 1. The van der Waals surface area contributed by atoms with E-state index in [1.165, 1.54) is 23.5 Å². The highest BCUT2D eigenvalue weighted by Gasteiger charge is 2.41. The lowest BCUT2D eigenvalue weighted by Gasteiger charge is -2.16. The first-order chi connectivity index (χ1) is 8.79. The summed E-state index contributed by atoms with van der Waals surface area (Å²) in [5.74, 6) is -4.28. The number of aromatic nitrogens is 1. The first-order valence-electron chi connectivity index (χ1n) is 5.25. The Balaban J connectivity index is 2.23. The summed E-state index contributed by atoms with van der Waals surface area (Å²) in [5, 5.41) is 0.782. The quantitative estimate of drug-likeness (QED) is 0.694. The van der Waals surface area contributed by atoms with Gasteiger partial charge < -0.3 is 10.5 Å². The number of alkyl halides is 4. The zero-order valence-electron chi connectivity index (χ0n) is 9.79. The van der Waals surface area contributed by atoms with Crippen LogP contribution in [-0.4, -0.2) is 23.9 Å². The molecular weight excluding hydrogens is 284 g/mol. The molecule has 2 rings (SSSR count). The highest BCUT2D eigenvalue weighted by atomic mass is 32.1. The summed E-state index contributed by atoms with van der Waals surface area (Å²) in [4.78, 5) is 4.14. The van der Waals surface area contributed by atoms with E-state index < -0.39 is 19.0 Å². The van der Waals surface area contributed by atoms with E-state index in [0.29, 0.717) is 5.52 Å². The fraction of sp³-hybridized carbons (Fsp3) is 0.364. The van der Waals surface area contributed by atoms with E-state index in [0.717, 1.165) is 9.71 Å². The number of nitrogens with zero attached hydrogens (tertiary/aromatic N) is 1. The van der Waals surface area contributed by atoms with Crippen molar-refractivity contribution in [3.8, 4) is 5.75 Å². The van der Waals surface area contributed by atoms with Crippen molar-refractivity contribution in [1.29, 1.82) is 0 Å². The third-order valence-corrected chi connectivity index (χ3v) is 3.30. The molecule has 0 aliphatic heterocycles. The lowest BCUT2D eigenvalue weighted by atomic mass is 10.2. The first kappa shape index (κ1) is 13.9. The van der Waals surface area contributed by atoms with Crippen LogP contribution < -0.4 is 10.5 Å². The topological polar surface area (TPSA) is 48.1 Å². The fourth-order valence-electron chi connectivity index (χ4n) is 1.45. The van der Waals surface area contributed by atoms with Crippen LogP contribution >= 0.6 is 11.3 Å². The van der Waals surface area contributed by atoms with Crippen molar-refractivity contribution in [2.45, 2.75) is 19.3 Å². The molecule has 2 N–H and O–H groups in total. The van der Waals surface area contributed by atoms with Crippen LogP contribution in [0.2, 0.25) is 0 Å². The maximum atomic E-state index is 12.8. The molecule has 0 aliphatic carbocycles. The van der Waals surface area contributed by atoms with Crippen LogP contribution in [0.3, 0.4) is 0 Å². The molecule has 0 spiro atoms. The molecule has 0 amide bonds. The second-order valence-corrected chi connectivity index (χ2v) is 5.18. The van der Waals surface area contributed by atoms with Gasteiger partial charge in [0.05, 0.1) is 20.9 Å². The molecule has 0 saturated carbocycles. The average molecular weight is 294 g/mol. The van der Waals surface area contributed by atoms with Gasteiger partial charge in [-0.05, 0) is 13.0 Å². The molecule has 0 fully saturated rings. The monoisotopic (exact) mass is 294 g/mol. The zero-order chi connectivity index (χ0) is 14.2. The van der Waals surface area contributed by atoms with Crippen molar-refractivity contribution in [2.24, 2.45) is 0 Å². The van der Waals surface area contributed by atoms with Gasteiger partial charge in [-0.2, -0.15) is 8.78 Å². The van der Waals surface area contributed by atoms with Crippen molar-refractivity contribution >= 4 is 27.2 Å². The summed E-state index contributed by atoms with van der Waals surface area (Å²) < 4.78 is 55.0. The molecule has 1 aromatic carbocycles. The SMILES string of the molecule is Cc1nc2cc(OCC(F)(F)C(F)F)c(N)cc2s1. The number of benzene rings is 1. The fourth-order valence-corrected chi connectivity index (χ4v) is 2.30. The van der Waals surface area contributed by atoms with Crippen LogP contribution in [0.4, 0.5) is 23.2 Å². The Morgan fingerprint density at radius 2 is 2.11 bits per heavy atom. The number of rotatable bonds is 4. The van der Waals surface area contributed by atoms with E-state index >= 15 is 0 Å². The maximum absolute atomic E-state index is 12.8. The molecular formula is C11H10F4N2OS. The van der Waals surface area contributed by atoms with Crippen molar-refractivity contribution < 1.29 is 22.3 Å². The molecule has 0 radical (unpaired) electrons. The largest absolute Gasteiger partial charge is 0.485 e. The van der Waals surface area contributed by atoms with Crippen LogP contribution in [0.5, 0.6) is 5.75 Å². The molecule has 0 aliphatic rings. The van der Waals surface area contributed by atoms with Gasteiger partial charge in [0.25, 0.3) is 0 Å². The molecule has 0 bridgehead atoms.